The lowest BCUT2D eigenvalue weighted by Gasteiger charge is -2.16. The Bertz CT molecular complexity index is 324. The number of hydrogen-bond donors (Lipinski definition) is 1. The van der Waals surface area contributed by atoms with E-state index >= 15 is 0 Å². The van der Waals surface area contributed by atoms with E-state index in [4.69, 9.17) is 4.74 Å². The van der Waals surface area contributed by atoms with Crippen molar-refractivity contribution in [2.24, 2.45) is 0 Å². The molecule has 82 valence electrons. The van der Waals surface area contributed by atoms with Gasteiger partial charge in [0.05, 0.1) is 6.61 Å². The van der Waals surface area contributed by atoms with E-state index in [1.165, 1.54) is 17.5 Å². The van der Waals surface area contributed by atoms with E-state index < -0.39 is 0 Å². The minimum absolute atomic E-state index is 0.600. The number of ether oxygens (including phenoxy) is 1. The molecule has 15 heavy (non-hydrogen) atoms. The van der Waals surface area contributed by atoms with E-state index in [1.54, 1.807) is 7.11 Å². The monoisotopic (exact) mass is 205 g/mol. The van der Waals surface area contributed by atoms with Gasteiger partial charge in [0.15, 0.2) is 0 Å². The molecule has 2 heteroatoms. The molecule has 2 unspecified atom stereocenters. The Hall–Kier alpha value is -0.860. The number of methoxy groups -OCH3 is 1. The minimum Gasteiger partial charge on any atom is -0.380 e. The summed E-state index contributed by atoms with van der Waals surface area (Å²) >= 11 is 0. The Morgan fingerprint density at radius 2 is 2.33 bits per heavy atom. The number of hydrogen-bond acceptors (Lipinski definition) is 2. The molecule has 1 heterocycles. The van der Waals surface area contributed by atoms with E-state index in [9.17, 15) is 0 Å². The molecule has 0 radical (unpaired) electrons. The number of benzene rings is 1. The molecule has 1 aromatic rings. The van der Waals surface area contributed by atoms with Crippen molar-refractivity contribution in [3.63, 3.8) is 0 Å². The van der Waals surface area contributed by atoms with Gasteiger partial charge in [-0.1, -0.05) is 24.3 Å². The predicted octanol–water partition coefficient (Wildman–Crippen LogP) is 2.30. The smallest absolute Gasteiger partial charge is 0.0713 e. The summed E-state index contributed by atoms with van der Waals surface area (Å²) in [6, 6.07) is 9.36. The van der Waals surface area contributed by atoms with Crippen LogP contribution in [-0.4, -0.2) is 19.7 Å². The van der Waals surface area contributed by atoms with Crippen molar-refractivity contribution in [3.05, 3.63) is 35.4 Å². The average molecular weight is 205 g/mol. The van der Waals surface area contributed by atoms with Crippen LogP contribution in [0.4, 0.5) is 0 Å². The summed E-state index contributed by atoms with van der Waals surface area (Å²) in [4.78, 5) is 0. The lowest BCUT2D eigenvalue weighted by molar-refractivity contribution is 0.185. The predicted molar refractivity (Wildman–Crippen MR) is 62.0 cm³/mol. The number of nitrogens with one attached hydrogen (secondary N) is 1. The van der Waals surface area contributed by atoms with Crippen molar-refractivity contribution in [1.29, 1.82) is 0 Å². The quantitative estimate of drug-likeness (QED) is 0.817. The highest BCUT2D eigenvalue weighted by atomic mass is 16.5. The summed E-state index contributed by atoms with van der Waals surface area (Å²) in [7, 11) is 1.74. The van der Waals surface area contributed by atoms with Crippen LogP contribution in [0.1, 0.15) is 30.4 Å². The SMILES string of the molecule is COCc1cccc(C2CCNC2C)c1. The van der Waals surface area contributed by atoms with Gasteiger partial charge < -0.3 is 10.1 Å². The van der Waals surface area contributed by atoms with Crippen molar-refractivity contribution < 1.29 is 4.74 Å². The summed E-state index contributed by atoms with van der Waals surface area (Å²) in [5, 5.41) is 3.49. The van der Waals surface area contributed by atoms with Crippen LogP contribution in [0.2, 0.25) is 0 Å². The first-order valence-corrected chi connectivity index (χ1v) is 5.62. The third-order valence-electron chi connectivity index (χ3n) is 3.22. The first-order valence-electron chi connectivity index (χ1n) is 5.62. The summed E-state index contributed by atoms with van der Waals surface area (Å²) in [5.74, 6) is 0.668. The van der Waals surface area contributed by atoms with E-state index in [1.807, 2.05) is 0 Å². The van der Waals surface area contributed by atoms with Gasteiger partial charge in [0, 0.05) is 19.1 Å². The van der Waals surface area contributed by atoms with Gasteiger partial charge in [-0.2, -0.15) is 0 Å². The Labute approximate surface area is 91.6 Å². The van der Waals surface area contributed by atoms with Crippen molar-refractivity contribution in [1.82, 2.24) is 5.32 Å². The molecule has 2 nitrogen and oxygen atoms in total. The van der Waals surface area contributed by atoms with Crippen molar-refractivity contribution >= 4 is 0 Å². The van der Waals surface area contributed by atoms with Crippen LogP contribution in [0.3, 0.4) is 0 Å². The Morgan fingerprint density at radius 3 is 3.00 bits per heavy atom. The van der Waals surface area contributed by atoms with Crippen molar-refractivity contribution in [2.45, 2.75) is 31.9 Å². The highest BCUT2D eigenvalue weighted by Gasteiger charge is 2.24. The molecule has 0 aromatic heterocycles. The van der Waals surface area contributed by atoms with Gasteiger partial charge in [-0.25, -0.2) is 0 Å². The molecule has 2 rings (SSSR count). The lowest BCUT2D eigenvalue weighted by Crippen LogP contribution is -2.21. The van der Waals surface area contributed by atoms with Crippen LogP contribution in [-0.2, 0) is 11.3 Å². The maximum atomic E-state index is 5.16. The lowest BCUT2D eigenvalue weighted by atomic mass is 9.92. The molecule has 1 aromatic carbocycles. The normalized spacial score (nSPS) is 25.7. The maximum absolute atomic E-state index is 5.16. The first kappa shape index (κ1) is 10.7. The van der Waals surface area contributed by atoms with E-state index in [2.05, 4.69) is 36.5 Å². The summed E-state index contributed by atoms with van der Waals surface area (Å²) in [5.41, 5.74) is 2.72. The molecule has 0 amide bonds. The van der Waals surface area contributed by atoms with Gasteiger partial charge >= 0.3 is 0 Å². The van der Waals surface area contributed by atoms with E-state index in [-0.39, 0.29) is 0 Å². The van der Waals surface area contributed by atoms with Gasteiger partial charge in [0.1, 0.15) is 0 Å². The third kappa shape index (κ3) is 2.39. The molecular formula is C13H19NO. The fraction of sp³-hybridized carbons (Fsp3) is 0.538. The number of rotatable bonds is 3. The molecule has 1 fully saturated rings. The van der Waals surface area contributed by atoms with E-state index in [0.29, 0.717) is 18.6 Å². The van der Waals surface area contributed by atoms with Crippen LogP contribution in [0.15, 0.2) is 24.3 Å². The molecular weight excluding hydrogens is 186 g/mol. The highest BCUT2D eigenvalue weighted by Crippen LogP contribution is 2.27. The zero-order valence-corrected chi connectivity index (χ0v) is 9.49. The third-order valence-corrected chi connectivity index (χ3v) is 3.22. The maximum Gasteiger partial charge on any atom is 0.0713 e. The summed E-state index contributed by atoms with van der Waals surface area (Å²) in [6.45, 7) is 4.11. The molecule has 0 aliphatic carbocycles. The van der Waals surface area contributed by atoms with Crippen LogP contribution >= 0.6 is 0 Å². The zero-order valence-electron chi connectivity index (χ0n) is 9.49. The highest BCUT2D eigenvalue weighted by molar-refractivity contribution is 5.28. The van der Waals surface area contributed by atoms with Crippen LogP contribution < -0.4 is 5.32 Å². The Morgan fingerprint density at radius 1 is 1.47 bits per heavy atom. The van der Waals surface area contributed by atoms with Gasteiger partial charge in [-0.05, 0) is 31.0 Å². The molecule has 1 aliphatic heterocycles. The molecule has 1 saturated heterocycles. The fourth-order valence-electron chi connectivity index (χ4n) is 2.39. The average Bonchev–Trinajstić information content (AvgIpc) is 2.65. The van der Waals surface area contributed by atoms with Gasteiger partial charge in [-0.3, -0.25) is 0 Å². The van der Waals surface area contributed by atoms with Crippen LogP contribution in [0.5, 0.6) is 0 Å². The zero-order chi connectivity index (χ0) is 10.7. The molecule has 0 saturated carbocycles. The topological polar surface area (TPSA) is 21.3 Å². The Balaban J connectivity index is 2.16. The van der Waals surface area contributed by atoms with Crippen LogP contribution in [0.25, 0.3) is 0 Å². The largest absolute Gasteiger partial charge is 0.380 e. The summed E-state index contributed by atoms with van der Waals surface area (Å²) in [6.07, 6.45) is 1.25. The molecule has 1 N–H and O–H groups in total. The second-order valence-electron chi connectivity index (χ2n) is 4.32. The second-order valence-corrected chi connectivity index (χ2v) is 4.32. The van der Waals surface area contributed by atoms with Crippen molar-refractivity contribution in [3.8, 4) is 0 Å². The first-order chi connectivity index (χ1) is 7.31. The fourth-order valence-corrected chi connectivity index (χ4v) is 2.39. The molecule has 2 atom stereocenters. The van der Waals surface area contributed by atoms with E-state index in [0.717, 1.165) is 6.54 Å². The molecule has 0 spiro atoms. The molecule has 0 bridgehead atoms. The van der Waals surface area contributed by atoms with Gasteiger partial charge in [0.2, 0.25) is 0 Å². The second kappa shape index (κ2) is 4.77. The summed E-state index contributed by atoms with van der Waals surface area (Å²) < 4.78 is 5.16. The molecule has 1 aliphatic rings. The Kier molecular flexibility index (Phi) is 3.39. The standard InChI is InChI=1S/C13H19NO/c1-10-13(6-7-14-10)12-5-3-4-11(8-12)9-15-2/h3-5,8,10,13-14H,6-7,9H2,1-2H3. The van der Waals surface area contributed by atoms with Gasteiger partial charge in [0.25, 0.3) is 0 Å². The minimum atomic E-state index is 0.600. The van der Waals surface area contributed by atoms with Gasteiger partial charge in [-0.15, -0.1) is 0 Å². The van der Waals surface area contributed by atoms with Crippen molar-refractivity contribution in [2.75, 3.05) is 13.7 Å². The van der Waals surface area contributed by atoms with Crippen LogP contribution in [0, 0.1) is 0 Å².